The van der Waals surface area contributed by atoms with Crippen molar-refractivity contribution >= 4 is 23.7 Å². The normalized spacial score (nSPS) is 38.3. The molecule has 1 aliphatic heterocycles. The number of aliphatic hydroxyl groups is 2. The van der Waals surface area contributed by atoms with E-state index in [4.69, 9.17) is 23.7 Å². The van der Waals surface area contributed by atoms with Crippen LogP contribution < -0.4 is 0 Å². The van der Waals surface area contributed by atoms with Gasteiger partial charge in [0.1, 0.15) is 17.8 Å². The van der Waals surface area contributed by atoms with Crippen molar-refractivity contribution in [3.05, 3.63) is 47.0 Å². The summed E-state index contributed by atoms with van der Waals surface area (Å²) in [4.78, 5) is 54.8. The molecule has 9 atom stereocenters. The molecule has 1 saturated heterocycles. The van der Waals surface area contributed by atoms with Gasteiger partial charge in [0.05, 0.1) is 41.3 Å². The van der Waals surface area contributed by atoms with Crippen molar-refractivity contribution in [1.82, 2.24) is 0 Å². The SMILES string of the molecule is CC(=O)O[C@H]1C(=O)[C@]2(C)[C@@H](OC(C)(C)C)C[C@H]3OC[C@@]3(OC(C)=O)[C@H]2[C@H](OC(=O)c2ccccc2)[C@]2(O)C[C@H](O)C(C)=C1C2(C)C. The second kappa shape index (κ2) is 11.2. The Labute approximate surface area is 269 Å². The first kappa shape index (κ1) is 34.2. The Bertz CT molecular complexity index is 1460. The lowest BCUT2D eigenvalue weighted by Gasteiger charge is -2.68. The van der Waals surface area contributed by atoms with Gasteiger partial charge in [0.2, 0.25) is 0 Å². The van der Waals surface area contributed by atoms with Gasteiger partial charge in [-0.15, -0.1) is 0 Å². The highest BCUT2D eigenvalue weighted by molar-refractivity contribution is 5.95. The predicted molar refractivity (Wildman–Crippen MR) is 163 cm³/mol. The molecular weight excluding hydrogens is 596 g/mol. The van der Waals surface area contributed by atoms with E-state index < -0.39 is 87.8 Å². The number of fused-ring (bicyclic) bond motifs is 5. The first-order chi connectivity index (χ1) is 21.2. The maximum absolute atomic E-state index is 15.4. The summed E-state index contributed by atoms with van der Waals surface area (Å²) < 4.78 is 30.9. The summed E-state index contributed by atoms with van der Waals surface area (Å²) >= 11 is 0. The highest BCUT2D eigenvalue weighted by Crippen LogP contribution is 2.65. The molecule has 1 aromatic rings. The Morgan fingerprint density at radius 3 is 2.15 bits per heavy atom. The topological polar surface area (TPSA) is 155 Å². The molecule has 0 aromatic heterocycles. The Morgan fingerprint density at radius 1 is 1.00 bits per heavy atom. The number of Topliss-reactive ketones (excluding diaryl/α,β-unsaturated/α-hetero) is 1. The zero-order valence-corrected chi connectivity index (χ0v) is 28.0. The molecule has 1 aromatic carbocycles. The minimum atomic E-state index is -2.08. The van der Waals surface area contributed by atoms with E-state index in [0.29, 0.717) is 5.57 Å². The number of esters is 3. The van der Waals surface area contributed by atoms with Crippen LogP contribution in [0.15, 0.2) is 41.5 Å². The van der Waals surface area contributed by atoms with Crippen molar-refractivity contribution in [1.29, 1.82) is 0 Å². The van der Waals surface area contributed by atoms with E-state index in [-0.39, 0.29) is 30.6 Å². The molecule has 0 radical (unpaired) electrons. The molecule has 2 bridgehead atoms. The van der Waals surface area contributed by atoms with Gasteiger partial charge in [0.25, 0.3) is 0 Å². The van der Waals surface area contributed by atoms with Crippen LogP contribution in [0.3, 0.4) is 0 Å². The maximum Gasteiger partial charge on any atom is 0.338 e. The zero-order chi connectivity index (χ0) is 34.2. The summed E-state index contributed by atoms with van der Waals surface area (Å²) in [7, 11) is 0. The Hall–Kier alpha value is -3.12. The molecule has 4 aliphatic rings. The lowest BCUT2D eigenvalue weighted by Crippen LogP contribution is -2.82. The summed E-state index contributed by atoms with van der Waals surface area (Å²) in [6.45, 7) is 14.4. The van der Waals surface area contributed by atoms with E-state index in [2.05, 4.69) is 0 Å². The summed E-state index contributed by atoms with van der Waals surface area (Å²) in [5.74, 6) is -4.03. The molecule has 5 rings (SSSR count). The molecule has 3 aliphatic carbocycles. The molecule has 0 spiro atoms. The summed E-state index contributed by atoms with van der Waals surface area (Å²) in [6.07, 6.45) is -6.24. The summed E-state index contributed by atoms with van der Waals surface area (Å²) in [5, 5.41) is 24.6. The van der Waals surface area contributed by atoms with E-state index in [0.717, 1.165) is 0 Å². The van der Waals surface area contributed by atoms with Gasteiger partial charge in [-0.2, -0.15) is 0 Å². The van der Waals surface area contributed by atoms with Crippen LogP contribution in [-0.2, 0) is 38.1 Å². The molecular formula is C35H46O11. The quantitative estimate of drug-likeness (QED) is 0.276. The number of carbonyl (C=O) groups is 4. The third-order valence-corrected chi connectivity index (χ3v) is 10.7. The molecule has 3 fully saturated rings. The average Bonchev–Trinajstić information content (AvgIpc) is 2.93. The van der Waals surface area contributed by atoms with Gasteiger partial charge < -0.3 is 33.9 Å². The number of hydrogen-bond donors (Lipinski definition) is 2. The fourth-order valence-corrected chi connectivity index (χ4v) is 8.48. The van der Waals surface area contributed by atoms with Crippen molar-refractivity contribution in [2.75, 3.05) is 6.61 Å². The third-order valence-electron chi connectivity index (χ3n) is 10.7. The molecule has 2 N–H and O–H groups in total. The molecule has 46 heavy (non-hydrogen) atoms. The number of benzene rings is 1. The van der Waals surface area contributed by atoms with Gasteiger partial charge >= 0.3 is 17.9 Å². The van der Waals surface area contributed by atoms with Crippen LogP contribution in [0.25, 0.3) is 0 Å². The van der Waals surface area contributed by atoms with E-state index >= 15 is 4.79 Å². The first-order valence-corrected chi connectivity index (χ1v) is 15.8. The highest BCUT2D eigenvalue weighted by Gasteiger charge is 2.78. The highest BCUT2D eigenvalue weighted by atomic mass is 16.6. The molecule has 11 nitrogen and oxygen atoms in total. The van der Waals surface area contributed by atoms with Gasteiger partial charge in [0, 0.05) is 32.1 Å². The van der Waals surface area contributed by atoms with Crippen LogP contribution in [-0.4, -0.2) is 87.8 Å². The maximum atomic E-state index is 15.4. The standard InChI is InChI=1S/C35H46O11/c1-18-22(38)16-35(41)29(44-30(40)21-13-11-10-12-14-21)27-33(9,28(39)26(43-19(2)36)25(18)32(35,7)8)23(46-31(4,5)6)15-24-34(27,17-42-24)45-20(3)37/h10-14,22-24,26-27,29,38,41H,15-17H2,1-9H3/t22-,23-,24+,26+,27-,29-,33+,34-,35+/m0/s1. The zero-order valence-electron chi connectivity index (χ0n) is 28.0. The number of aliphatic hydroxyl groups excluding tert-OH is 1. The minimum absolute atomic E-state index is 0.123. The lowest BCUT2D eigenvalue weighted by atomic mass is 9.44. The molecule has 0 unspecified atom stereocenters. The summed E-state index contributed by atoms with van der Waals surface area (Å²) in [5.41, 5.74) is -6.72. The van der Waals surface area contributed by atoms with Gasteiger partial charge in [-0.3, -0.25) is 14.4 Å². The van der Waals surface area contributed by atoms with Gasteiger partial charge in [-0.1, -0.05) is 32.0 Å². The van der Waals surface area contributed by atoms with Crippen molar-refractivity contribution in [2.24, 2.45) is 16.7 Å². The molecule has 0 amide bonds. The van der Waals surface area contributed by atoms with E-state index in [1.807, 2.05) is 20.8 Å². The molecule has 1 heterocycles. The van der Waals surface area contributed by atoms with E-state index in [1.54, 1.807) is 58.0 Å². The number of hydrogen-bond acceptors (Lipinski definition) is 11. The van der Waals surface area contributed by atoms with Crippen LogP contribution in [0.2, 0.25) is 0 Å². The first-order valence-electron chi connectivity index (χ1n) is 15.8. The minimum Gasteiger partial charge on any atom is -0.455 e. The van der Waals surface area contributed by atoms with Gasteiger partial charge in [0.15, 0.2) is 17.5 Å². The van der Waals surface area contributed by atoms with Crippen LogP contribution in [0.5, 0.6) is 0 Å². The van der Waals surface area contributed by atoms with Crippen LogP contribution in [0.4, 0.5) is 0 Å². The van der Waals surface area contributed by atoms with Crippen molar-refractivity contribution in [2.45, 2.75) is 122 Å². The van der Waals surface area contributed by atoms with Gasteiger partial charge in [-0.25, -0.2) is 4.79 Å². The van der Waals surface area contributed by atoms with Crippen molar-refractivity contribution in [3.8, 4) is 0 Å². The molecule has 11 heteroatoms. The monoisotopic (exact) mass is 642 g/mol. The van der Waals surface area contributed by atoms with E-state index in [1.165, 1.54) is 13.8 Å². The smallest absolute Gasteiger partial charge is 0.338 e. The third kappa shape index (κ3) is 5.10. The number of ketones is 1. The largest absolute Gasteiger partial charge is 0.455 e. The average molecular weight is 643 g/mol. The van der Waals surface area contributed by atoms with Crippen molar-refractivity contribution < 1.29 is 53.1 Å². The Balaban J connectivity index is 1.88. The Morgan fingerprint density at radius 2 is 1.63 bits per heavy atom. The fourth-order valence-electron chi connectivity index (χ4n) is 8.48. The van der Waals surface area contributed by atoms with E-state index in [9.17, 15) is 24.6 Å². The van der Waals surface area contributed by atoms with Crippen molar-refractivity contribution in [3.63, 3.8) is 0 Å². The van der Waals surface area contributed by atoms with Crippen LogP contribution >= 0.6 is 0 Å². The molecule has 2 saturated carbocycles. The second-order valence-electron chi connectivity index (χ2n) is 15.0. The Kier molecular flexibility index (Phi) is 8.37. The number of ether oxygens (including phenoxy) is 5. The predicted octanol–water partition coefficient (Wildman–Crippen LogP) is 3.48. The van der Waals surface area contributed by atoms with Crippen LogP contribution in [0, 0.1) is 16.7 Å². The molecule has 252 valence electrons. The lowest BCUT2D eigenvalue weighted by molar-refractivity contribution is -0.353. The number of rotatable bonds is 5. The van der Waals surface area contributed by atoms with Crippen LogP contribution in [0.1, 0.15) is 85.5 Å². The number of carbonyl (C=O) groups excluding carboxylic acids is 4. The fraction of sp³-hybridized carbons (Fsp3) is 0.657. The second-order valence-corrected chi connectivity index (χ2v) is 15.0. The van der Waals surface area contributed by atoms with Gasteiger partial charge in [-0.05, 0) is 57.9 Å². The summed E-state index contributed by atoms with van der Waals surface area (Å²) in [6, 6.07) is 8.21.